The maximum Gasteiger partial charge on any atom is 0.213 e. The van der Waals surface area contributed by atoms with Crippen molar-refractivity contribution in [1.82, 2.24) is 4.98 Å². The molecule has 0 fully saturated rings. The fourth-order valence-electron chi connectivity index (χ4n) is 0.647. The third-order valence-electron chi connectivity index (χ3n) is 1.14. The maximum atomic E-state index is 12.2. The molecule has 1 aromatic heterocycles. The Labute approximate surface area is 67.3 Å². The lowest BCUT2D eigenvalue weighted by Gasteiger charge is -1.91. The molecule has 0 N–H and O–H groups in total. The first-order valence-corrected chi connectivity index (χ1v) is 3.94. The van der Waals surface area contributed by atoms with Crippen molar-refractivity contribution in [2.75, 3.05) is 0 Å². The van der Waals surface area contributed by atoms with E-state index in [1.165, 1.54) is 6.07 Å². The highest BCUT2D eigenvalue weighted by molar-refractivity contribution is 5.03. The van der Waals surface area contributed by atoms with Gasteiger partial charge in [-0.05, 0) is 18.6 Å². The number of halogens is 1. The van der Waals surface area contributed by atoms with Gasteiger partial charge in [-0.15, -0.1) is 0 Å². The van der Waals surface area contributed by atoms with Crippen molar-refractivity contribution in [3.63, 3.8) is 0 Å². The minimum absolute atomic E-state index is 0.394. The smallest absolute Gasteiger partial charge is 0.213 e. The summed E-state index contributed by atoms with van der Waals surface area (Å²) in [4.78, 5) is 3.62. The lowest BCUT2D eigenvalue weighted by Crippen LogP contribution is -1.87. The first-order valence-electron chi connectivity index (χ1n) is 3.94. The number of hydrogen-bond acceptors (Lipinski definition) is 1. The number of hydrogen-bond donors (Lipinski definition) is 0. The van der Waals surface area contributed by atoms with Crippen molar-refractivity contribution in [2.45, 2.75) is 27.2 Å². The predicted octanol–water partition coefficient (Wildman–Crippen LogP) is 2.81. The number of aryl methyl sites for hydroxylation is 1. The van der Waals surface area contributed by atoms with Gasteiger partial charge in [0, 0.05) is 5.69 Å². The molecule has 1 rings (SSSR count). The minimum atomic E-state index is -0.394. The summed E-state index contributed by atoms with van der Waals surface area (Å²) < 4.78 is 12.2. The van der Waals surface area contributed by atoms with Gasteiger partial charge in [0.2, 0.25) is 5.95 Å². The fourth-order valence-corrected chi connectivity index (χ4v) is 0.647. The van der Waals surface area contributed by atoms with E-state index >= 15 is 0 Å². The molecule has 11 heavy (non-hydrogen) atoms. The van der Waals surface area contributed by atoms with Gasteiger partial charge in [-0.2, -0.15) is 4.39 Å². The Bertz CT molecular complexity index is 199. The van der Waals surface area contributed by atoms with Crippen molar-refractivity contribution >= 4 is 0 Å². The first-order chi connectivity index (χ1) is 5.33. The summed E-state index contributed by atoms with van der Waals surface area (Å²) in [6.07, 6.45) is 0.789. The fraction of sp³-hybridized carbons (Fsp3) is 0.444. The summed E-state index contributed by atoms with van der Waals surface area (Å²) in [7, 11) is 0. The van der Waals surface area contributed by atoms with Crippen LogP contribution in [0.1, 0.15) is 26.5 Å². The summed E-state index contributed by atoms with van der Waals surface area (Å²) >= 11 is 0. The molecule has 1 heterocycles. The maximum absolute atomic E-state index is 12.2. The number of nitrogens with zero attached hydrogens (tertiary/aromatic N) is 1. The molecule has 1 aromatic rings. The Balaban J connectivity index is 0.000000461. The van der Waals surface area contributed by atoms with Crippen LogP contribution in [0.4, 0.5) is 4.39 Å². The Morgan fingerprint density at radius 3 is 2.36 bits per heavy atom. The van der Waals surface area contributed by atoms with Crippen LogP contribution in [0, 0.1) is 5.95 Å². The van der Waals surface area contributed by atoms with Crippen LogP contribution < -0.4 is 0 Å². The summed E-state index contributed by atoms with van der Waals surface area (Å²) in [6.45, 7) is 5.95. The van der Waals surface area contributed by atoms with Crippen LogP contribution in [0.5, 0.6) is 0 Å². The van der Waals surface area contributed by atoms with Gasteiger partial charge in [0.1, 0.15) is 0 Å². The molecule has 0 amide bonds. The highest BCUT2D eigenvalue weighted by Gasteiger charge is 1.90. The normalized spacial score (nSPS) is 8.36. The van der Waals surface area contributed by atoms with Crippen LogP contribution in [0.3, 0.4) is 0 Å². The van der Waals surface area contributed by atoms with Gasteiger partial charge in [-0.25, -0.2) is 4.98 Å². The highest BCUT2D eigenvalue weighted by Crippen LogP contribution is 1.96. The van der Waals surface area contributed by atoms with Gasteiger partial charge >= 0.3 is 0 Å². The van der Waals surface area contributed by atoms with Crippen LogP contribution in [0.25, 0.3) is 0 Å². The SMILES string of the molecule is CC.CCc1cccc(F)n1. The summed E-state index contributed by atoms with van der Waals surface area (Å²) in [5.74, 6) is -0.394. The molecular weight excluding hydrogens is 141 g/mol. The van der Waals surface area contributed by atoms with Crippen LogP contribution in [0.2, 0.25) is 0 Å². The third-order valence-corrected chi connectivity index (χ3v) is 1.14. The number of aromatic nitrogens is 1. The number of rotatable bonds is 1. The second kappa shape index (κ2) is 5.83. The Kier molecular flexibility index (Phi) is 5.35. The lowest BCUT2D eigenvalue weighted by molar-refractivity contribution is 0.577. The quantitative estimate of drug-likeness (QED) is 0.568. The van der Waals surface area contributed by atoms with Crippen molar-refractivity contribution in [3.05, 3.63) is 29.8 Å². The van der Waals surface area contributed by atoms with Crippen LogP contribution >= 0.6 is 0 Å². The average Bonchev–Trinajstić information content (AvgIpc) is 2.08. The Morgan fingerprint density at radius 1 is 1.36 bits per heavy atom. The molecule has 0 aromatic carbocycles. The van der Waals surface area contributed by atoms with Crippen LogP contribution in [-0.2, 0) is 6.42 Å². The molecule has 0 unspecified atom stereocenters. The topological polar surface area (TPSA) is 12.9 Å². The van der Waals surface area contributed by atoms with E-state index < -0.39 is 5.95 Å². The zero-order chi connectivity index (χ0) is 8.69. The molecular formula is C9H14FN. The molecule has 2 heteroatoms. The molecule has 0 spiro atoms. The van der Waals surface area contributed by atoms with Gasteiger partial charge in [0.15, 0.2) is 0 Å². The first kappa shape index (κ1) is 10.1. The minimum Gasteiger partial charge on any atom is -0.225 e. The predicted molar refractivity (Wildman–Crippen MR) is 44.9 cm³/mol. The molecule has 0 radical (unpaired) electrons. The number of pyridine rings is 1. The van der Waals surface area contributed by atoms with Gasteiger partial charge in [0.05, 0.1) is 0 Å². The van der Waals surface area contributed by atoms with Crippen molar-refractivity contribution in [2.24, 2.45) is 0 Å². The second-order valence-corrected chi connectivity index (χ2v) is 1.81. The van der Waals surface area contributed by atoms with Gasteiger partial charge in [0.25, 0.3) is 0 Å². The van der Waals surface area contributed by atoms with E-state index in [0.29, 0.717) is 0 Å². The van der Waals surface area contributed by atoms with Crippen LogP contribution in [-0.4, -0.2) is 4.98 Å². The van der Waals surface area contributed by atoms with E-state index in [1.54, 1.807) is 6.07 Å². The molecule has 0 aliphatic heterocycles. The Morgan fingerprint density at radius 2 is 2.00 bits per heavy atom. The molecule has 0 aliphatic carbocycles. The molecule has 0 saturated carbocycles. The summed E-state index contributed by atoms with van der Waals surface area (Å²) in [5.41, 5.74) is 0.801. The molecule has 0 saturated heterocycles. The van der Waals surface area contributed by atoms with E-state index in [2.05, 4.69) is 4.98 Å². The van der Waals surface area contributed by atoms with Crippen LogP contribution in [0.15, 0.2) is 18.2 Å². The van der Waals surface area contributed by atoms with Crippen molar-refractivity contribution in [1.29, 1.82) is 0 Å². The molecule has 1 nitrogen and oxygen atoms in total. The van der Waals surface area contributed by atoms with E-state index in [4.69, 9.17) is 0 Å². The summed E-state index contributed by atoms with van der Waals surface area (Å²) in [5, 5.41) is 0. The molecule has 0 aliphatic rings. The highest BCUT2D eigenvalue weighted by atomic mass is 19.1. The van der Waals surface area contributed by atoms with E-state index in [1.807, 2.05) is 26.8 Å². The molecule has 0 atom stereocenters. The van der Waals surface area contributed by atoms with Gasteiger partial charge < -0.3 is 0 Å². The molecule has 0 bridgehead atoms. The standard InChI is InChI=1S/C7H8FN.C2H6/c1-2-6-4-3-5-7(8)9-6;1-2/h3-5H,2H2,1H3;1-2H3. The van der Waals surface area contributed by atoms with Gasteiger partial charge in [-0.3, -0.25) is 0 Å². The largest absolute Gasteiger partial charge is 0.225 e. The zero-order valence-corrected chi connectivity index (χ0v) is 7.26. The van der Waals surface area contributed by atoms with E-state index in [0.717, 1.165) is 12.1 Å². The lowest BCUT2D eigenvalue weighted by atomic mass is 10.3. The second-order valence-electron chi connectivity index (χ2n) is 1.81. The van der Waals surface area contributed by atoms with E-state index in [9.17, 15) is 4.39 Å². The van der Waals surface area contributed by atoms with Crippen molar-refractivity contribution in [3.8, 4) is 0 Å². The zero-order valence-electron chi connectivity index (χ0n) is 7.26. The molecule has 62 valence electrons. The average molecular weight is 155 g/mol. The third kappa shape index (κ3) is 3.71. The summed E-state index contributed by atoms with van der Waals surface area (Å²) in [6, 6.07) is 4.82. The van der Waals surface area contributed by atoms with E-state index in [-0.39, 0.29) is 0 Å². The Hall–Kier alpha value is -0.920. The van der Waals surface area contributed by atoms with Crippen molar-refractivity contribution < 1.29 is 4.39 Å². The van der Waals surface area contributed by atoms with Gasteiger partial charge in [-0.1, -0.05) is 26.8 Å². The monoisotopic (exact) mass is 155 g/mol.